The molecule has 7 heteroatoms. The molecule has 0 fully saturated rings. The Balaban J connectivity index is 2.38. The van der Waals surface area contributed by atoms with Crippen LogP contribution in [0.3, 0.4) is 0 Å². The van der Waals surface area contributed by atoms with Crippen LogP contribution in [0.25, 0.3) is 0 Å². The van der Waals surface area contributed by atoms with E-state index in [-0.39, 0.29) is 18.6 Å². The van der Waals surface area contributed by atoms with Gasteiger partial charge in [0.05, 0.1) is 6.54 Å². The van der Waals surface area contributed by atoms with E-state index in [0.29, 0.717) is 5.88 Å². The second kappa shape index (κ2) is 6.40. The highest BCUT2D eigenvalue weighted by molar-refractivity contribution is 5.75. The van der Waals surface area contributed by atoms with Crippen LogP contribution in [0.5, 0.6) is 5.88 Å². The van der Waals surface area contributed by atoms with Crippen LogP contribution in [0, 0.1) is 0 Å². The van der Waals surface area contributed by atoms with E-state index in [1.165, 1.54) is 17.8 Å². The molecule has 0 unspecified atom stereocenters. The highest BCUT2D eigenvalue weighted by Crippen LogP contribution is 2.09. The largest absolute Gasteiger partial charge is 0.472 e. The Bertz CT molecular complexity index is 476. The lowest BCUT2D eigenvalue weighted by Crippen LogP contribution is -2.37. The molecule has 1 N–H and O–H groups in total. The molecule has 0 radical (unpaired) electrons. The predicted octanol–water partition coefficient (Wildman–Crippen LogP) is 1.84. The summed E-state index contributed by atoms with van der Waals surface area (Å²) in [5.74, 6) is 0.137. The highest BCUT2D eigenvalue weighted by Gasteiger charge is 2.17. The normalized spacial score (nSPS) is 12.7. The maximum absolute atomic E-state index is 11.5. The Morgan fingerprint density at radius 1 is 1.45 bits per heavy atom. The smallest absolute Gasteiger partial charge is 0.407 e. The molecule has 1 aromatic heterocycles. The fraction of sp³-hybridized carbons (Fsp3) is 0.615. The molecule has 1 heterocycles. The second-order valence-electron chi connectivity index (χ2n) is 5.43. The van der Waals surface area contributed by atoms with Crippen molar-refractivity contribution < 1.29 is 19.1 Å². The lowest BCUT2D eigenvalue weighted by molar-refractivity contribution is 0.0504. The Labute approximate surface area is 118 Å². The van der Waals surface area contributed by atoms with E-state index in [4.69, 9.17) is 9.47 Å². The summed E-state index contributed by atoms with van der Waals surface area (Å²) in [4.78, 5) is 22.5. The van der Waals surface area contributed by atoms with Crippen LogP contribution in [-0.4, -0.2) is 40.0 Å². The van der Waals surface area contributed by atoms with Gasteiger partial charge in [-0.25, -0.2) is 9.48 Å². The predicted molar refractivity (Wildman–Crippen MR) is 72.9 cm³/mol. The number of nitrogens with zero attached hydrogens (tertiary/aromatic N) is 2. The molecule has 0 aromatic carbocycles. The van der Waals surface area contributed by atoms with Gasteiger partial charge < -0.3 is 14.8 Å². The number of amides is 1. The summed E-state index contributed by atoms with van der Waals surface area (Å²) >= 11 is 0. The molecule has 1 amide bonds. The Kier molecular flexibility index (Phi) is 5.12. The first-order valence-corrected chi connectivity index (χ1v) is 6.37. The van der Waals surface area contributed by atoms with E-state index >= 15 is 0 Å². The number of hydrogen-bond acceptors (Lipinski definition) is 5. The first kappa shape index (κ1) is 16.0. The molecule has 0 saturated heterocycles. The lowest BCUT2D eigenvalue weighted by atomic mass is 10.2. The molecule has 0 bridgehead atoms. The minimum absolute atomic E-state index is 0.195. The van der Waals surface area contributed by atoms with Crippen LogP contribution in [0.4, 0.5) is 4.79 Å². The number of ether oxygens (including phenoxy) is 2. The van der Waals surface area contributed by atoms with Crippen molar-refractivity contribution in [2.24, 2.45) is 0 Å². The summed E-state index contributed by atoms with van der Waals surface area (Å²) in [7, 11) is 0. The zero-order chi connectivity index (χ0) is 15.3. The molecule has 1 atom stereocenters. The van der Waals surface area contributed by atoms with Gasteiger partial charge in [-0.3, -0.25) is 4.79 Å². The number of carbonyl (C=O) groups excluding carboxylic acids is 2. The maximum Gasteiger partial charge on any atom is 0.407 e. The molecule has 0 aliphatic rings. The van der Waals surface area contributed by atoms with E-state index in [1.807, 2.05) is 0 Å². The van der Waals surface area contributed by atoms with Crippen LogP contribution in [0.1, 0.15) is 39.4 Å². The summed E-state index contributed by atoms with van der Waals surface area (Å²) < 4.78 is 11.8. The van der Waals surface area contributed by atoms with Gasteiger partial charge >= 0.3 is 6.09 Å². The minimum Gasteiger partial charge on any atom is -0.472 e. The molecule has 20 heavy (non-hydrogen) atoms. The van der Waals surface area contributed by atoms with Crippen molar-refractivity contribution in [3.63, 3.8) is 0 Å². The van der Waals surface area contributed by atoms with Gasteiger partial charge in [0, 0.05) is 19.2 Å². The van der Waals surface area contributed by atoms with E-state index in [9.17, 15) is 9.59 Å². The van der Waals surface area contributed by atoms with Crippen molar-refractivity contribution in [2.75, 3.05) is 6.54 Å². The average molecular weight is 283 g/mol. The molecule has 1 aromatic rings. The quantitative estimate of drug-likeness (QED) is 0.911. The lowest BCUT2D eigenvalue weighted by Gasteiger charge is -2.20. The van der Waals surface area contributed by atoms with E-state index in [0.717, 1.165) is 0 Å². The minimum atomic E-state index is -0.533. The second-order valence-corrected chi connectivity index (χ2v) is 5.43. The van der Waals surface area contributed by atoms with Gasteiger partial charge in [-0.2, -0.15) is 0 Å². The summed E-state index contributed by atoms with van der Waals surface area (Å²) in [6.45, 7) is 8.85. The number of rotatable bonds is 4. The van der Waals surface area contributed by atoms with Crippen LogP contribution < -0.4 is 10.1 Å². The Morgan fingerprint density at radius 3 is 2.60 bits per heavy atom. The summed E-state index contributed by atoms with van der Waals surface area (Å²) in [5, 5.41) is 6.54. The van der Waals surface area contributed by atoms with Crippen LogP contribution >= 0.6 is 0 Å². The average Bonchev–Trinajstić information content (AvgIpc) is 2.72. The zero-order valence-corrected chi connectivity index (χ0v) is 12.5. The van der Waals surface area contributed by atoms with Crippen molar-refractivity contribution in [1.82, 2.24) is 15.1 Å². The molecule has 112 valence electrons. The fourth-order valence-electron chi connectivity index (χ4n) is 1.33. The van der Waals surface area contributed by atoms with E-state index < -0.39 is 11.7 Å². The third kappa shape index (κ3) is 5.73. The number of hydrogen-bond donors (Lipinski definition) is 1. The van der Waals surface area contributed by atoms with E-state index in [1.54, 1.807) is 33.8 Å². The van der Waals surface area contributed by atoms with Crippen LogP contribution in [0.15, 0.2) is 12.3 Å². The monoisotopic (exact) mass is 283 g/mol. The molecular weight excluding hydrogens is 262 g/mol. The summed E-state index contributed by atoms with van der Waals surface area (Å²) in [6, 6.07) is 1.59. The molecule has 1 rings (SSSR count). The summed E-state index contributed by atoms with van der Waals surface area (Å²) in [5.41, 5.74) is -0.533. The molecule has 7 nitrogen and oxygen atoms in total. The van der Waals surface area contributed by atoms with Gasteiger partial charge in [0.1, 0.15) is 11.7 Å². The zero-order valence-electron chi connectivity index (χ0n) is 12.5. The molecule has 0 aliphatic carbocycles. The third-order valence-corrected chi connectivity index (χ3v) is 2.14. The van der Waals surface area contributed by atoms with Gasteiger partial charge in [-0.15, -0.1) is 5.10 Å². The highest BCUT2D eigenvalue weighted by atomic mass is 16.6. The van der Waals surface area contributed by atoms with Crippen LogP contribution in [0.2, 0.25) is 0 Å². The van der Waals surface area contributed by atoms with Gasteiger partial charge in [-0.1, -0.05) is 0 Å². The number of nitrogens with one attached hydrogen (secondary N) is 1. The molecule has 0 saturated carbocycles. The Hall–Kier alpha value is -2.05. The van der Waals surface area contributed by atoms with Crippen molar-refractivity contribution in [1.29, 1.82) is 0 Å². The number of carbonyl (C=O) groups is 2. The molecule has 0 aliphatic heterocycles. The topological polar surface area (TPSA) is 82.5 Å². The van der Waals surface area contributed by atoms with Gasteiger partial charge in [0.2, 0.25) is 11.8 Å². The number of aromatic nitrogens is 2. The molecular formula is C13H21N3O4. The third-order valence-electron chi connectivity index (χ3n) is 2.14. The first-order valence-electron chi connectivity index (χ1n) is 6.37. The fourth-order valence-corrected chi connectivity index (χ4v) is 1.33. The van der Waals surface area contributed by atoms with Gasteiger partial charge in [-0.05, 0) is 27.7 Å². The van der Waals surface area contributed by atoms with Gasteiger partial charge in [0.15, 0.2) is 0 Å². The van der Waals surface area contributed by atoms with Gasteiger partial charge in [0.25, 0.3) is 0 Å². The molecule has 0 spiro atoms. The van der Waals surface area contributed by atoms with Crippen molar-refractivity contribution in [2.45, 2.75) is 46.3 Å². The van der Waals surface area contributed by atoms with E-state index in [2.05, 4.69) is 10.4 Å². The summed E-state index contributed by atoms with van der Waals surface area (Å²) in [6.07, 6.45) is 0.728. The standard InChI is InChI=1S/C13H21N3O4/c1-9(8-14-12(18)20-13(3,4)5)19-11-6-7-16(15-11)10(2)17/h6-7,9H,8H2,1-5H3,(H,14,18)/t9-/m0/s1. The Morgan fingerprint density at radius 2 is 2.10 bits per heavy atom. The maximum atomic E-state index is 11.5. The number of alkyl carbamates (subject to hydrolysis) is 1. The van der Waals surface area contributed by atoms with Crippen molar-refractivity contribution in [3.8, 4) is 5.88 Å². The first-order chi connectivity index (χ1) is 9.17. The van der Waals surface area contributed by atoms with Crippen molar-refractivity contribution in [3.05, 3.63) is 12.3 Å². The van der Waals surface area contributed by atoms with Crippen molar-refractivity contribution >= 4 is 12.0 Å². The SMILES string of the molecule is CC(=O)n1ccc(O[C@@H](C)CNC(=O)OC(C)(C)C)n1. The van der Waals surface area contributed by atoms with Crippen LogP contribution in [-0.2, 0) is 4.74 Å².